The third-order valence-electron chi connectivity index (χ3n) is 5.32. The van der Waals surface area contributed by atoms with Crippen LogP contribution < -0.4 is 0 Å². The second-order valence-electron chi connectivity index (χ2n) is 10.1. The maximum Gasteiger partial charge on any atom is 0.0576 e. The first-order chi connectivity index (χ1) is 10.7. The van der Waals surface area contributed by atoms with Crippen molar-refractivity contribution in [2.75, 3.05) is 0 Å². The summed E-state index contributed by atoms with van der Waals surface area (Å²) in [4.78, 5) is 11.7. The summed E-state index contributed by atoms with van der Waals surface area (Å²) in [5.41, 5.74) is -1.37. The van der Waals surface area contributed by atoms with E-state index in [0.29, 0.717) is 25.7 Å². The van der Waals surface area contributed by atoms with E-state index in [-0.39, 0.29) is 34.4 Å². The predicted molar refractivity (Wildman–Crippen MR) is 92.6 cm³/mol. The van der Waals surface area contributed by atoms with Crippen molar-refractivity contribution >= 4 is 0 Å². The quantitative estimate of drug-likeness (QED) is 0.606. The van der Waals surface area contributed by atoms with Crippen molar-refractivity contribution in [2.45, 2.75) is 115 Å². The predicted octanol–water partition coefficient (Wildman–Crippen LogP) is 2.79. The molecule has 0 aromatic carbocycles. The lowest BCUT2D eigenvalue weighted by Gasteiger charge is -2.55. The normalized spacial score (nSPS) is 31.2. The summed E-state index contributed by atoms with van der Waals surface area (Å²) in [5, 5.41) is 24.0. The van der Waals surface area contributed by atoms with Gasteiger partial charge in [-0.05, 0) is 81.1 Å². The summed E-state index contributed by atoms with van der Waals surface area (Å²) in [6, 6.07) is 0. The largest absolute Gasteiger partial charge is 0.393 e. The molecule has 6 nitrogen and oxygen atoms in total. The number of hydrogen-bond acceptors (Lipinski definition) is 6. The van der Waals surface area contributed by atoms with Gasteiger partial charge >= 0.3 is 0 Å². The smallest absolute Gasteiger partial charge is 0.0576 e. The van der Waals surface area contributed by atoms with E-state index in [4.69, 9.17) is 9.98 Å². The van der Waals surface area contributed by atoms with Crippen LogP contribution >= 0.6 is 0 Å². The van der Waals surface area contributed by atoms with Crippen molar-refractivity contribution in [3.05, 3.63) is 0 Å². The van der Waals surface area contributed by atoms with Crippen molar-refractivity contribution in [3.63, 3.8) is 0 Å². The van der Waals surface area contributed by atoms with E-state index in [1.54, 1.807) is 0 Å². The van der Waals surface area contributed by atoms with E-state index >= 15 is 0 Å². The molecule has 2 N–H and O–H groups in total. The van der Waals surface area contributed by atoms with Gasteiger partial charge < -0.3 is 10.2 Å². The summed E-state index contributed by atoms with van der Waals surface area (Å²) in [7, 11) is 0. The second-order valence-corrected chi connectivity index (χ2v) is 10.1. The highest BCUT2D eigenvalue weighted by Gasteiger charge is 2.50. The van der Waals surface area contributed by atoms with Gasteiger partial charge in [-0.3, -0.25) is 0 Å². The van der Waals surface area contributed by atoms with Crippen molar-refractivity contribution in [1.82, 2.24) is 10.1 Å². The van der Waals surface area contributed by atoms with E-state index in [9.17, 15) is 10.2 Å². The molecule has 0 spiro atoms. The van der Waals surface area contributed by atoms with Crippen molar-refractivity contribution in [2.24, 2.45) is 0 Å². The van der Waals surface area contributed by atoms with Crippen LogP contribution in [0.5, 0.6) is 0 Å². The maximum absolute atomic E-state index is 10.1. The number of hydroxylamine groups is 4. The summed E-state index contributed by atoms with van der Waals surface area (Å²) in [5.74, 6) is 0. The lowest BCUT2D eigenvalue weighted by Crippen LogP contribution is -2.65. The zero-order valence-electron chi connectivity index (χ0n) is 16.6. The van der Waals surface area contributed by atoms with Crippen LogP contribution in [0.3, 0.4) is 0 Å². The van der Waals surface area contributed by atoms with Gasteiger partial charge in [-0.25, -0.2) is 0 Å². The first kappa shape index (κ1) is 20.1. The fourth-order valence-corrected chi connectivity index (χ4v) is 4.89. The van der Waals surface area contributed by atoms with Gasteiger partial charge in [0.15, 0.2) is 0 Å². The van der Waals surface area contributed by atoms with Gasteiger partial charge in [0.2, 0.25) is 0 Å². The summed E-state index contributed by atoms with van der Waals surface area (Å²) in [6.07, 6.45) is 1.84. The average molecular weight is 344 g/mol. The Balaban J connectivity index is 2.16. The molecule has 2 fully saturated rings. The SMILES string of the molecule is CC1(C)CC(O)CC(C)(C)N1OON1C(C)(C)CC(O)CC1(C)C. The molecule has 0 aliphatic carbocycles. The lowest BCUT2D eigenvalue weighted by atomic mass is 9.80. The molecule has 24 heavy (non-hydrogen) atoms. The monoisotopic (exact) mass is 344 g/mol. The lowest BCUT2D eigenvalue weighted by molar-refractivity contribution is -0.574. The Kier molecular flexibility index (Phi) is 5.17. The molecule has 2 rings (SSSR count). The molecule has 0 radical (unpaired) electrons. The fourth-order valence-electron chi connectivity index (χ4n) is 4.89. The van der Waals surface area contributed by atoms with Crippen LogP contribution in [0.15, 0.2) is 0 Å². The van der Waals surface area contributed by atoms with Crippen LogP contribution in [-0.4, -0.2) is 54.7 Å². The van der Waals surface area contributed by atoms with Crippen LogP contribution in [0.4, 0.5) is 0 Å². The summed E-state index contributed by atoms with van der Waals surface area (Å²) < 4.78 is 0. The van der Waals surface area contributed by atoms with Crippen LogP contribution in [0.1, 0.15) is 81.1 Å². The molecule has 0 aromatic heterocycles. The Bertz CT molecular complexity index is 384. The van der Waals surface area contributed by atoms with Crippen molar-refractivity contribution in [3.8, 4) is 0 Å². The Morgan fingerprint density at radius 2 is 0.792 bits per heavy atom. The van der Waals surface area contributed by atoms with E-state index in [2.05, 4.69) is 55.4 Å². The van der Waals surface area contributed by atoms with Gasteiger partial charge in [0, 0.05) is 22.2 Å². The standard InChI is InChI=1S/C18H36N2O4/c1-15(2)9-13(21)10-16(3,4)19(15)23-24-20-17(5,6)11-14(22)12-18(20,7)8/h13-14,21-22H,9-12H2,1-8H3. The zero-order valence-corrected chi connectivity index (χ0v) is 16.6. The molecule has 6 heteroatoms. The van der Waals surface area contributed by atoms with Crippen LogP contribution in [0.25, 0.3) is 0 Å². The van der Waals surface area contributed by atoms with E-state index in [1.165, 1.54) is 0 Å². The molecule has 0 bridgehead atoms. The number of aliphatic hydroxyl groups excluding tert-OH is 2. The summed E-state index contributed by atoms with van der Waals surface area (Å²) in [6.45, 7) is 16.4. The summed E-state index contributed by atoms with van der Waals surface area (Å²) >= 11 is 0. The molecule has 2 saturated heterocycles. The number of aliphatic hydroxyl groups is 2. The van der Waals surface area contributed by atoms with E-state index in [1.807, 2.05) is 10.1 Å². The van der Waals surface area contributed by atoms with Gasteiger partial charge in [-0.1, -0.05) is 0 Å². The van der Waals surface area contributed by atoms with Gasteiger partial charge in [0.05, 0.1) is 12.2 Å². The third kappa shape index (κ3) is 3.94. The topological polar surface area (TPSA) is 65.4 Å². The van der Waals surface area contributed by atoms with Gasteiger partial charge in [-0.15, -0.1) is 20.1 Å². The molecule has 0 saturated carbocycles. The van der Waals surface area contributed by atoms with Crippen molar-refractivity contribution in [1.29, 1.82) is 0 Å². The molecular formula is C18H36N2O4. The van der Waals surface area contributed by atoms with Gasteiger partial charge in [-0.2, -0.15) is 0 Å². The fraction of sp³-hybridized carbons (Fsp3) is 1.00. The molecular weight excluding hydrogens is 308 g/mol. The highest BCUT2D eigenvalue weighted by atomic mass is 17.3. The molecule has 0 unspecified atom stereocenters. The molecule has 0 atom stereocenters. The molecule has 0 amide bonds. The molecule has 142 valence electrons. The molecule has 2 aliphatic rings. The first-order valence-electron chi connectivity index (χ1n) is 8.99. The second kappa shape index (κ2) is 6.18. The number of rotatable bonds is 3. The van der Waals surface area contributed by atoms with Crippen LogP contribution in [0.2, 0.25) is 0 Å². The first-order valence-corrected chi connectivity index (χ1v) is 8.99. The minimum Gasteiger partial charge on any atom is -0.393 e. The van der Waals surface area contributed by atoms with E-state index < -0.39 is 0 Å². The number of piperidine rings is 2. The molecule has 2 heterocycles. The highest BCUT2D eigenvalue weighted by molar-refractivity contribution is 4.97. The Morgan fingerprint density at radius 1 is 0.583 bits per heavy atom. The van der Waals surface area contributed by atoms with Crippen LogP contribution in [-0.2, 0) is 9.98 Å². The number of hydrogen-bond donors (Lipinski definition) is 2. The van der Waals surface area contributed by atoms with Crippen molar-refractivity contribution < 1.29 is 20.2 Å². The average Bonchev–Trinajstić information content (AvgIpc) is 2.26. The van der Waals surface area contributed by atoms with E-state index in [0.717, 1.165) is 0 Å². The molecule has 0 aromatic rings. The number of nitrogens with zero attached hydrogens (tertiary/aromatic N) is 2. The maximum atomic E-state index is 10.1. The minimum atomic E-state index is -0.343. The Morgan fingerprint density at radius 3 is 1.00 bits per heavy atom. The Labute approximate surface area is 146 Å². The van der Waals surface area contributed by atoms with Gasteiger partial charge in [0.1, 0.15) is 0 Å². The van der Waals surface area contributed by atoms with Crippen LogP contribution in [0, 0.1) is 0 Å². The highest BCUT2D eigenvalue weighted by Crippen LogP contribution is 2.42. The Hall–Kier alpha value is -0.240. The molecule has 2 aliphatic heterocycles. The zero-order chi connectivity index (χ0) is 18.6. The van der Waals surface area contributed by atoms with Gasteiger partial charge in [0.25, 0.3) is 0 Å². The third-order valence-corrected chi connectivity index (χ3v) is 5.32. The minimum absolute atomic E-state index is 0.340.